The van der Waals surface area contributed by atoms with Gasteiger partial charge >= 0.3 is 0 Å². The zero-order valence-corrected chi connectivity index (χ0v) is 17.4. The summed E-state index contributed by atoms with van der Waals surface area (Å²) in [7, 11) is 0. The molecule has 2 atom stereocenters. The number of nitrogens with zero attached hydrogens (tertiary/aromatic N) is 2. The number of pyridine rings is 1. The molecule has 3 aromatic rings. The Bertz CT molecular complexity index is 955. The highest BCUT2D eigenvalue weighted by molar-refractivity contribution is 7.80. The van der Waals surface area contributed by atoms with E-state index >= 15 is 0 Å². The predicted molar refractivity (Wildman–Crippen MR) is 116 cm³/mol. The summed E-state index contributed by atoms with van der Waals surface area (Å²) in [6.07, 6.45) is 1.81. The van der Waals surface area contributed by atoms with E-state index in [1.54, 1.807) is 0 Å². The van der Waals surface area contributed by atoms with Crippen LogP contribution in [0.1, 0.15) is 37.4 Å². The number of furan rings is 1. The quantitative estimate of drug-likeness (QED) is 0.551. The molecular weight excluding hydrogens is 390 g/mol. The van der Waals surface area contributed by atoms with Gasteiger partial charge in [-0.1, -0.05) is 31.5 Å². The average Bonchev–Trinajstić information content (AvgIpc) is 3.28. The summed E-state index contributed by atoms with van der Waals surface area (Å²) >= 11 is 11.7. The monoisotopic (exact) mass is 411 g/mol. The van der Waals surface area contributed by atoms with Crippen molar-refractivity contribution < 1.29 is 4.42 Å². The van der Waals surface area contributed by atoms with Crippen LogP contribution in [-0.4, -0.2) is 21.5 Å². The van der Waals surface area contributed by atoms with Gasteiger partial charge < -0.3 is 14.6 Å². The molecule has 6 heteroatoms. The van der Waals surface area contributed by atoms with Gasteiger partial charge in [-0.15, -0.1) is 0 Å². The molecule has 0 amide bonds. The number of rotatable bonds is 5. The second-order valence-electron chi connectivity index (χ2n) is 7.38. The Kier molecular flexibility index (Phi) is 5.38. The van der Waals surface area contributed by atoms with Crippen LogP contribution in [0.15, 0.2) is 65.2 Å². The van der Waals surface area contributed by atoms with Gasteiger partial charge in [-0.2, -0.15) is 0 Å². The molecule has 1 aromatic carbocycles. The van der Waals surface area contributed by atoms with Gasteiger partial charge in [0.15, 0.2) is 5.11 Å². The third-order valence-electron chi connectivity index (χ3n) is 4.81. The molecule has 0 radical (unpaired) electrons. The third kappa shape index (κ3) is 3.77. The lowest BCUT2D eigenvalue weighted by molar-refractivity contribution is 0.253. The molecule has 0 bridgehead atoms. The summed E-state index contributed by atoms with van der Waals surface area (Å²) in [5.74, 6) is 2.15. The fourth-order valence-corrected chi connectivity index (χ4v) is 4.03. The van der Waals surface area contributed by atoms with E-state index in [0.717, 1.165) is 34.4 Å². The zero-order chi connectivity index (χ0) is 19.7. The predicted octanol–water partition coefficient (Wildman–Crippen LogP) is 5.62. The Morgan fingerprint density at radius 1 is 1.14 bits per heavy atom. The van der Waals surface area contributed by atoms with Crippen LogP contribution in [0.5, 0.6) is 0 Å². The number of hydrogen-bond acceptors (Lipinski definition) is 3. The first-order valence-corrected chi connectivity index (χ1v) is 10.2. The third-order valence-corrected chi connectivity index (χ3v) is 5.41. The minimum Gasteiger partial charge on any atom is -0.459 e. The van der Waals surface area contributed by atoms with Crippen molar-refractivity contribution in [2.75, 3.05) is 6.54 Å². The Hall–Kier alpha value is -2.37. The van der Waals surface area contributed by atoms with Crippen molar-refractivity contribution in [3.8, 4) is 11.3 Å². The first-order valence-electron chi connectivity index (χ1n) is 9.36. The molecule has 28 heavy (non-hydrogen) atoms. The fourth-order valence-electron chi connectivity index (χ4n) is 3.59. The van der Waals surface area contributed by atoms with E-state index in [4.69, 9.17) is 28.2 Å². The number of nitrogens with one attached hydrogen (secondary N) is 1. The van der Waals surface area contributed by atoms with Crippen LogP contribution in [0, 0.1) is 5.92 Å². The van der Waals surface area contributed by atoms with Crippen molar-refractivity contribution in [3.63, 3.8) is 0 Å². The highest BCUT2D eigenvalue weighted by Crippen LogP contribution is 2.40. The molecule has 1 aliphatic rings. The van der Waals surface area contributed by atoms with Crippen LogP contribution in [0.4, 0.5) is 0 Å². The van der Waals surface area contributed by atoms with E-state index < -0.39 is 0 Å². The number of thiocarbonyl (C=S) groups is 1. The first kappa shape index (κ1) is 19.0. The maximum absolute atomic E-state index is 6.29. The number of benzene rings is 1. The maximum Gasteiger partial charge on any atom is 0.170 e. The molecule has 0 aliphatic carbocycles. The lowest BCUT2D eigenvalue weighted by atomic mass is 10.0. The molecule has 4 rings (SSSR count). The van der Waals surface area contributed by atoms with Crippen LogP contribution in [-0.2, 0) is 0 Å². The Morgan fingerprint density at radius 3 is 2.61 bits per heavy atom. The normalized spacial score (nSPS) is 19.3. The molecule has 0 saturated carbocycles. The first-order chi connectivity index (χ1) is 13.5. The van der Waals surface area contributed by atoms with Crippen molar-refractivity contribution in [3.05, 3.63) is 77.3 Å². The molecule has 0 spiro atoms. The summed E-state index contributed by atoms with van der Waals surface area (Å²) in [6.45, 7) is 5.22. The summed E-state index contributed by atoms with van der Waals surface area (Å²) in [5, 5.41) is 4.89. The van der Waals surface area contributed by atoms with Crippen LogP contribution in [0.25, 0.3) is 11.3 Å². The Balaban J connectivity index is 1.72. The lowest BCUT2D eigenvalue weighted by Crippen LogP contribution is -2.32. The summed E-state index contributed by atoms with van der Waals surface area (Å²) in [6, 6.07) is 17.5. The molecule has 4 nitrogen and oxygen atoms in total. The number of hydrogen-bond donors (Lipinski definition) is 1. The zero-order valence-electron chi connectivity index (χ0n) is 15.8. The molecule has 0 unspecified atom stereocenters. The largest absolute Gasteiger partial charge is 0.459 e. The minimum absolute atomic E-state index is 0.0501. The van der Waals surface area contributed by atoms with E-state index in [0.29, 0.717) is 10.9 Å². The Morgan fingerprint density at radius 2 is 1.93 bits per heavy atom. The average molecular weight is 412 g/mol. The summed E-state index contributed by atoms with van der Waals surface area (Å²) < 4.78 is 6.29. The summed E-state index contributed by atoms with van der Waals surface area (Å²) in [4.78, 5) is 6.77. The lowest BCUT2D eigenvalue weighted by Gasteiger charge is -2.27. The molecule has 3 heterocycles. The number of halogens is 1. The highest BCUT2D eigenvalue weighted by Gasteiger charge is 2.41. The van der Waals surface area contributed by atoms with Gasteiger partial charge in [0.25, 0.3) is 0 Å². The summed E-state index contributed by atoms with van der Waals surface area (Å²) in [5.41, 5.74) is 1.94. The van der Waals surface area contributed by atoms with Gasteiger partial charge in [0.2, 0.25) is 0 Å². The molecule has 2 aromatic heterocycles. The van der Waals surface area contributed by atoms with Crippen LogP contribution in [0.2, 0.25) is 5.02 Å². The van der Waals surface area contributed by atoms with Crippen molar-refractivity contribution in [2.24, 2.45) is 5.92 Å². The van der Waals surface area contributed by atoms with E-state index in [1.807, 2.05) is 60.8 Å². The van der Waals surface area contributed by atoms with Crippen LogP contribution in [0.3, 0.4) is 0 Å². The molecule has 1 N–H and O–H groups in total. The molecule has 1 fully saturated rings. The second kappa shape index (κ2) is 7.94. The standard InChI is InChI=1S/C22H22ClN3OS/c1-14(2)13-26-21(20(25-22(26)28)17-5-3-4-12-24-17)19-11-10-18(27-19)15-6-8-16(23)9-7-15/h3-12,14,20-21H,13H2,1-2H3,(H,25,28)/t20-,21+/m0/s1. The maximum atomic E-state index is 6.29. The van der Waals surface area contributed by atoms with Gasteiger partial charge in [0.05, 0.1) is 11.7 Å². The van der Waals surface area contributed by atoms with E-state index in [9.17, 15) is 0 Å². The van der Waals surface area contributed by atoms with E-state index in [-0.39, 0.29) is 12.1 Å². The highest BCUT2D eigenvalue weighted by atomic mass is 35.5. The van der Waals surface area contributed by atoms with Gasteiger partial charge in [-0.05, 0) is 66.7 Å². The van der Waals surface area contributed by atoms with Gasteiger partial charge in [0.1, 0.15) is 17.6 Å². The van der Waals surface area contributed by atoms with Gasteiger partial charge in [-0.3, -0.25) is 4.98 Å². The second-order valence-corrected chi connectivity index (χ2v) is 8.20. The van der Waals surface area contributed by atoms with Crippen molar-refractivity contribution >= 4 is 28.9 Å². The molecule has 1 saturated heterocycles. The van der Waals surface area contributed by atoms with Gasteiger partial charge in [-0.25, -0.2) is 0 Å². The molecular formula is C22H22ClN3OS. The Labute approximate surface area is 175 Å². The fraction of sp³-hybridized carbons (Fsp3) is 0.273. The van der Waals surface area contributed by atoms with Crippen molar-refractivity contribution in [1.82, 2.24) is 15.2 Å². The molecule has 1 aliphatic heterocycles. The van der Waals surface area contributed by atoms with E-state index in [2.05, 4.69) is 29.0 Å². The minimum atomic E-state index is -0.0586. The van der Waals surface area contributed by atoms with E-state index in [1.165, 1.54) is 0 Å². The van der Waals surface area contributed by atoms with Crippen LogP contribution < -0.4 is 5.32 Å². The number of aromatic nitrogens is 1. The van der Waals surface area contributed by atoms with Crippen molar-refractivity contribution in [1.29, 1.82) is 0 Å². The smallest absolute Gasteiger partial charge is 0.170 e. The van der Waals surface area contributed by atoms with Crippen LogP contribution >= 0.6 is 23.8 Å². The SMILES string of the molecule is CC(C)CN1C(=S)N[C@@H](c2ccccn2)[C@H]1c1ccc(-c2ccc(Cl)cc2)o1. The van der Waals surface area contributed by atoms with Crippen molar-refractivity contribution in [2.45, 2.75) is 25.9 Å². The molecule has 144 valence electrons. The topological polar surface area (TPSA) is 41.3 Å². The van der Waals surface area contributed by atoms with Gasteiger partial charge in [0, 0.05) is 23.3 Å².